The summed E-state index contributed by atoms with van der Waals surface area (Å²) >= 11 is 0. The van der Waals surface area contributed by atoms with Gasteiger partial charge in [0.15, 0.2) is 0 Å². The normalized spacial score (nSPS) is 10.3. The number of benzene rings is 2. The summed E-state index contributed by atoms with van der Waals surface area (Å²) < 4.78 is 31.4. The van der Waals surface area contributed by atoms with Gasteiger partial charge in [0.2, 0.25) is 5.75 Å². The first kappa shape index (κ1) is 13.9. The third-order valence-corrected chi connectivity index (χ3v) is 2.53. The van der Waals surface area contributed by atoms with Crippen molar-refractivity contribution in [3.8, 4) is 11.5 Å². The number of hydrogen-bond acceptors (Lipinski definition) is 4. The van der Waals surface area contributed by atoms with Crippen molar-refractivity contribution in [2.45, 2.75) is 6.61 Å². The Morgan fingerprint density at radius 2 is 1.75 bits per heavy atom. The molecule has 0 bridgehead atoms. The van der Waals surface area contributed by atoms with Crippen molar-refractivity contribution < 1.29 is 23.5 Å². The van der Waals surface area contributed by atoms with Crippen molar-refractivity contribution in [2.75, 3.05) is 0 Å². The topological polar surface area (TPSA) is 72.6 Å². The van der Waals surface area contributed by atoms with E-state index in [4.69, 9.17) is 9.84 Å². The van der Waals surface area contributed by atoms with Gasteiger partial charge in [0, 0.05) is 17.7 Å². The third-order valence-electron chi connectivity index (χ3n) is 2.53. The maximum atomic E-state index is 13.1. The highest BCUT2D eigenvalue weighted by Gasteiger charge is 2.18. The Bertz CT molecular complexity index is 661. The van der Waals surface area contributed by atoms with Crippen LogP contribution in [0.2, 0.25) is 0 Å². The number of hydrogen-bond donors (Lipinski definition) is 1. The van der Waals surface area contributed by atoms with E-state index in [0.29, 0.717) is 0 Å². The highest BCUT2D eigenvalue weighted by Crippen LogP contribution is 2.33. The fraction of sp³-hybridized carbons (Fsp3) is 0.0769. The number of aliphatic hydroxyl groups is 1. The van der Waals surface area contributed by atoms with E-state index in [1.54, 1.807) is 0 Å². The van der Waals surface area contributed by atoms with Gasteiger partial charge in [-0.1, -0.05) is 0 Å². The van der Waals surface area contributed by atoms with Gasteiger partial charge >= 0.3 is 5.69 Å². The van der Waals surface area contributed by atoms with Gasteiger partial charge in [-0.05, 0) is 24.3 Å². The van der Waals surface area contributed by atoms with Crippen molar-refractivity contribution >= 4 is 5.69 Å². The Morgan fingerprint density at radius 1 is 1.10 bits per heavy atom. The minimum atomic E-state index is -0.725. The molecule has 0 aliphatic heterocycles. The molecule has 0 amide bonds. The van der Waals surface area contributed by atoms with Crippen LogP contribution in [0.1, 0.15) is 5.56 Å². The number of halogens is 2. The molecule has 0 saturated heterocycles. The average Bonchev–Trinajstić information content (AvgIpc) is 2.40. The average molecular weight is 281 g/mol. The molecule has 104 valence electrons. The molecule has 0 fully saturated rings. The van der Waals surface area contributed by atoms with E-state index < -0.39 is 28.9 Å². The zero-order valence-corrected chi connectivity index (χ0v) is 10.0. The van der Waals surface area contributed by atoms with E-state index >= 15 is 0 Å². The first-order chi connectivity index (χ1) is 9.51. The number of ether oxygens (including phenoxy) is 1. The second-order valence-corrected chi connectivity index (χ2v) is 3.88. The van der Waals surface area contributed by atoms with E-state index in [-0.39, 0.29) is 17.1 Å². The van der Waals surface area contributed by atoms with E-state index in [9.17, 15) is 18.9 Å². The van der Waals surface area contributed by atoms with Crippen LogP contribution in [0.5, 0.6) is 11.5 Å². The van der Waals surface area contributed by atoms with Crippen LogP contribution >= 0.6 is 0 Å². The van der Waals surface area contributed by atoms with Crippen molar-refractivity contribution in [1.29, 1.82) is 0 Å². The third kappa shape index (κ3) is 2.89. The Kier molecular flexibility index (Phi) is 3.90. The molecular formula is C13H9F2NO4. The first-order valence-electron chi connectivity index (χ1n) is 5.52. The number of aliphatic hydroxyl groups excluding tert-OH is 1. The summed E-state index contributed by atoms with van der Waals surface area (Å²) in [6, 6.07) is 6.05. The molecule has 20 heavy (non-hydrogen) atoms. The zero-order chi connectivity index (χ0) is 14.7. The molecule has 0 aromatic heterocycles. The van der Waals surface area contributed by atoms with Crippen LogP contribution in [0.3, 0.4) is 0 Å². The number of nitro benzene ring substituents is 1. The summed E-state index contributed by atoms with van der Waals surface area (Å²) in [7, 11) is 0. The molecule has 0 aliphatic rings. The van der Waals surface area contributed by atoms with E-state index in [2.05, 4.69) is 0 Å². The molecule has 0 unspecified atom stereocenters. The van der Waals surface area contributed by atoms with Gasteiger partial charge in [-0.3, -0.25) is 10.1 Å². The van der Waals surface area contributed by atoms with Gasteiger partial charge in [0.05, 0.1) is 11.5 Å². The maximum absolute atomic E-state index is 13.1. The summed E-state index contributed by atoms with van der Waals surface area (Å²) in [5.74, 6) is -1.60. The number of nitro groups is 1. The molecule has 5 nitrogen and oxygen atoms in total. The fourth-order valence-corrected chi connectivity index (χ4v) is 1.61. The van der Waals surface area contributed by atoms with Gasteiger partial charge in [0.25, 0.3) is 0 Å². The molecular weight excluding hydrogens is 272 g/mol. The lowest BCUT2D eigenvalue weighted by molar-refractivity contribution is -0.385. The molecule has 0 radical (unpaired) electrons. The SMILES string of the molecule is O=[N+]([O-])c1ccc(F)cc1Oc1ccc(F)cc1CO. The van der Waals surface area contributed by atoms with Crippen molar-refractivity contribution in [3.63, 3.8) is 0 Å². The molecule has 0 spiro atoms. The zero-order valence-electron chi connectivity index (χ0n) is 10.0. The van der Waals surface area contributed by atoms with Gasteiger partial charge in [0.1, 0.15) is 17.4 Å². The molecule has 0 atom stereocenters. The van der Waals surface area contributed by atoms with Gasteiger partial charge in [-0.15, -0.1) is 0 Å². The lowest BCUT2D eigenvalue weighted by Gasteiger charge is -2.10. The smallest absolute Gasteiger partial charge is 0.311 e. The van der Waals surface area contributed by atoms with Crippen molar-refractivity contribution in [1.82, 2.24) is 0 Å². The predicted octanol–water partition coefficient (Wildman–Crippen LogP) is 3.16. The molecule has 1 N–H and O–H groups in total. The summed E-state index contributed by atoms with van der Waals surface area (Å²) in [5.41, 5.74) is -0.330. The second-order valence-electron chi connectivity index (χ2n) is 3.88. The van der Waals surface area contributed by atoms with Gasteiger partial charge in [-0.2, -0.15) is 0 Å². The first-order valence-corrected chi connectivity index (χ1v) is 5.52. The highest BCUT2D eigenvalue weighted by atomic mass is 19.1. The Balaban J connectivity index is 2.44. The van der Waals surface area contributed by atoms with Crippen molar-refractivity contribution in [2.24, 2.45) is 0 Å². The Labute approximate surface area is 112 Å². The number of nitrogens with zero attached hydrogens (tertiary/aromatic N) is 1. The lowest BCUT2D eigenvalue weighted by Crippen LogP contribution is -1.97. The predicted molar refractivity (Wildman–Crippen MR) is 65.5 cm³/mol. The molecule has 7 heteroatoms. The van der Waals surface area contributed by atoms with Crippen LogP contribution in [0.4, 0.5) is 14.5 Å². The van der Waals surface area contributed by atoms with Gasteiger partial charge in [-0.25, -0.2) is 8.78 Å². The Morgan fingerprint density at radius 3 is 2.40 bits per heavy atom. The summed E-state index contributed by atoms with van der Waals surface area (Å²) in [6.45, 7) is -0.518. The number of rotatable bonds is 4. The summed E-state index contributed by atoms with van der Waals surface area (Å²) in [4.78, 5) is 10.1. The summed E-state index contributed by atoms with van der Waals surface area (Å²) in [6.07, 6.45) is 0. The minimum Gasteiger partial charge on any atom is -0.450 e. The molecule has 2 aromatic carbocycles. The molecule has 0 aliphatic carbocycles. The monoisotopic (exact) mass is 281 g/mol. The molecule has 0 saturated carbocycles. The standard InChI is InChI=1S/C13H9F2NO4/c14-9-2-4-12(8(5-9)7-17)20-13-6-10(15)1-3-11(13)16(18)19/h1-6,17H,7H2. The molecule has 0 heterocycles. The van der Waals surface area contributed by atoms with Gasteiger partial charge < -0.3 is 9.84 Å². The van der Waals surface area contributed by atoms with Crippen LogP contribution in [-0.2, 0) is 6.61 Å². The summed E-state index contributed by atoms with van der Waals surface area (Å²) in [5, 5.41) is 19.9. The molecule has 2 rings (SSSR count). The maximum Gasteiger partial charge on any atom is 0.311 e. The molecule has 2 aromatic rings. The second kappa shape index (κ2) is 5.62. The van der Waals surface area contributed by atoms with Crippen LogP contribution in [0, 0.1) is 21.7 Å². The van der Waals surface area contributed by atoms with Crippen LogP contribution in [0.25, 0.3) is 0 Å². The Hall–Kier alpha value is -2.54. The highest BCUT2D eigenvalue weighted by molar-refractivity contribution is 5.49. The van der Waals surface area contributed by atoms with Crippen LogP contribution in [0.15, 0.2) is 36.4 Å². The van der Waals surface area contributed by atoms with E-state index in [1.807, 2.05) is 0 Å². The quantitative estimate of drug-likeness (QED) is 0.690. The van der Waals surface area contributed by atoms with E-state index in [1.165, 1.54) is 6.07 Å². The largest absolute Gasteiger partial charge is 0.450 e. The fourth-order valence-electron chi connectivity index (χ4n) is 1.61. The van der Waals surface area contributed by atoms with Crippen molar-refractivity contribution in [3.05, 3.63) is 63.7 Å². The van der Waals surface area contributed by atoms with Crippen LogP contribution < -0.4 is 4.74 Å². The lowest BCUT2D eigenvalue weighted by atomic mass is 10.2. The van der Waals surface area contributed by atoms with Crippen LogP contribution in [-0.4, -0.2) is 10.0 Å². The van der Waals surface area contributed by atoms with E-state index in [0.717, 1.165) is 30.3 Å². The minimum absolute atomic E-state index is 0.0163.